The van der Waals surface area contributed by atoms with Crippen molar-refractivity contribution in [2.75, 3.05) is 0 Å². The molecule has 0 saturated heterocycles. The topological polar surface area (TPSA) is 25.3 Å². The van der Waals surface area contributed by atoms with Gasteiger partial charge in [-0.25, -0.2) is 4.70 Å². The molecule has 218 valence electrons. The van der Waals surface area contributed by atoms with Crippen LogP contribution in [0.2, 0.25) is 0 Å². The third kappa shape index (κ3) is 8.76. The van der Waals surface area contributed by atoms with Crippen LogP contribution in [-0.2, 0) is 12.8 Å². The molecule has 0 aromatic heterocycles. The monoisotopic (exact) mass is 540 g/mol. The highest BCUT2D eigenvalue weighted by atomic mass is 15.2. The SMILES string of the molecule is CCCCCCCCC1=C(c2cc(C)cc(C)c2)[N+](=[N-])C(c2cc(CCCC)cc(CCCC)c2)=C1CCCC. The zero-order valence-electron chi connectivity index (χ0n) is 26.7. The largest absolute Gasteiger partial charge is 0.493 e. The maximum Gasteiger partial charge on any atom is 0.211 e. The van der Waals surface area contributed by atoms with Gasteiger partial charge in [0.1, 0.15) is 0 Å². The van der Waals surface area contributed by atoms with E-state index in [1.807, 2.05) is 0 Å². The van der Waals surface area contributed by atoms with Gasteiger partial charge in [-0.3, -0.25) is 0 Å². The zero-order valence-corrected chi connectivity index (χ0v) is 26.7. The molecule has 40 heavy (non-hydrogen) atoms. The Labute approximate surface area is 246 Å². The fourth-order valence-electron chi connectivity index (χ4n) is 6.28. The fraction of sp³-hybridized carbons (Fsp3) is 0.579. The summed E-state index contributed by atoms with van der Waals surface area (Å²) in [5, 5.41) is 0. The van der Waals surface area contributed by atoms with Crippen molar-refractivity contribution in [1.29, 1.82) is 0 Å². The van der Waals surface area contributed by atoms with Gasteiger partial charge in [0.05, 0.1) is 0 Å². The first-order chi connectivity index (χ1) is 19.4. The smallest absolute Gasteiger partial charge is 0.211 e. The van der Waals surface area contributed by atoms with Gasteiger partial charge in [-0.1, -0.05) is 102 Å². The lowest BCUT2D eigenvalue weighted by atomic mass is 9.90. The van der Waals surface area contributed by atoms with Crippen molar-refractivity contribution in [3.05, 3.63) is 86.5 Å². The van der Waals surface area contributed by atoms with E-state index < -0.39 is 0 Å². The van der Waals surface area contributed by atoms with Crippen LogP contribution in [0.15, 0.2) is 47.5 Å². The van der Waals surface area contributed by atoms with E-state index >= 15 is 0 Å². The molecular formula is C38H56N2. The molecule has 0 radical (unpaired) electrons. The first kappa shape index (κ1) is 32.0. The van der Waals surface area contributed by atoms with Crippen LogP contribution in [0.4, 0.5) is 0 Å². The van der Waals surface area contributed by atoms with Crippen LogP contribution in [0.3, 0.4) is 0 Å². The lowest BCUT2D eigenvalue weighted by Crippen LogP contribution is -2.04. The lowest BCUT2D eigenvalue weighted by Gasteiger charge is -2.13. The predicted octanol–water partition coefficient (Wildman–Crippen LogP) is 12.1. The average Bonchev–Trinajstić information content (AvgIpc) is 3.21. The minimum absolute atomic E-state index is 1.02. The summed E-state index contributed by atoms with van der Waals surface area (Å²) in [5.74, 6) is 0. The third-order valence-corrected chi connectivity index (χ3v) is 8.38. The number of allylic oxidation sites excluding steroid dienone is 2. The van der Waals surface area contributed by atoms with Crippen LogP contribution >= 0.6 is 0 Å². The highest BCUT2D eigenvalue weighted by Gasteiger charge is 2.35. The highest BCUT2D eigenvalue weighted by molar-refractivity contribution is 5.82. The van der Waals surface area contributed by atoms with Crippen LogP contribution in [0.5, 0.6) is 0 Å². The Balaban J connectivity index is 2.12. The van der Waals surface area contributed by atoms with Crippen LogP contribution in [0.1, 0.15) is 151 Å². The van der Waals surface area contributed by atoms with Crippen LogP contribution in [0, 0.1) is 13.8 Å². The molecule has 0 amide bonds. The number of unbranched alkanes of at least 4 members (excludes halogenated alkanes) is 8. The van der Waals surface area contributed by atoms with Gasteiger partial charge in [0, 0.05) is 22.3 Å². The summed E-state index contributed by atoms with van der Waals surface area (Å²) >= 11 is 0. The molecule has 0 unspecified atom stereocenters. The van der Waals surface area contributed by atoms with E-state index in [-0.39, 0.29) is 0 Å². The average molecular weight is 541 g/mol. The van der Waals surface area contributed by atoms with Crippen LogP contribution in [-0.4, -0.2) is 4.70 Å². The number of benzene rings is 2. The second kappa shape index (κ2) is 16.7. The van der Waals surface area contributed by atoms with Crippen molar-refractivity contribution in [1.82, 2.24) is 0 Å². The van der Waals surface area contributed by atoms with Gasteiger partial charge in [0.15, 0.2) is 0 Å². The van der Waals surface area contributed by atoms with Gasteiger partial charge in [0.25, 0.3) is 0 Å². The Hall–Kier alpha value is -2.48. The number of hydrogen-bond donors (Lipinski definition) is 0. The van der Waals surface area contributed by atoms with Crippen molar-refractivity contribution in [3.8, 4) is 0 Å². The first-order valence-corrected chi connectivity index (χ1v) is 16.6. The van der Waals surface area contributed by atoms with E-state index in [1.54, 1.807) is 4.70 Å². The molecular weight excluding hydrogens is 484 g/mol. The molecule has 1 aliphatic rings. The highest BCUT2D eigenvalue weighted by Crippen LogP contribution is 2.45. The van der Waals surface area contributed by atoms with E-state index in [2.05, 4.69) is 77.9 Å². The van der Waals surface area contributed by atoms with Crippen molar-refractivity contribution in [2.45, 2.75) is 144 Å². The van der Waals surface area contributed by atoms with E-state index in [0.29, 0.717) is 0 Å². The molecule has 3 rings (SSSR count). The molecule has 2 heteroatoms. The van der Waals surface area contributed by atoms with Gasteiger partial charge in [-0.2, -0.15) is 0 Å². The molecule has 0 saturated carbocycles. The van der Waals surface area contributed by atoms with Gasteiger partial charge in [0.2, 0.25) is 11.4 Å². The summed E-state index contributed by atoms with van der Waals surface area (Å²) in [5.41, 5.74) is 24.6. The molecule has 0 bridgehead atoms. The van der Waals surface area contributed by atoms with Gasteiger partial charge in [-0.05, 0) is 101 Å². The third-order valence-electron chi connectivity index (χ3n) is 8.38. The molecule has 0 spiro atoms. The second-order valence-corrected chi connectivity index (χ2v) is 12.2. The fourth-order valence-corrected chi connectivity index (χ4v) is 6.28. The Morgan fingerprint density at radius 3 is 1.43 bits per heavy atom. The standard InChI is InChI=1S/C38H56N2/c1-7-11-15-16-17-18-22-36-35(21-14-10-4)38(40(39)37(36)33-24-29(5)23-30(6)25-33)34-27-31(19-12-8-2)26-32(28-34)20-13-9-3/h23-28H,7-22H2,1-6H3. The Kier molecular flexibility index (Phi) is 13.4. The van der Waals surface area contributed by atoms with Crippen molar-refractivity contribution >= 4 is 11.4 Å². The number of nitrogens with zero attached hydrogens (tertiary/aromatic N) is 2. The summed E-state index contributed by atoms with van der Waals surface area (Å²) < 4.78 is 1.59. The zero-order chi connectivity index (χ0) is 28.9. The summed E-state index contributed by atoms with van der Waals surface area (Å²) in [6.07, 6.45) is 19.1. The van der Waals surface area contributed by atoms with Crippen molar-refractivity contribution in [3.63, 3.8) is 0 Å². The van der Waals surface area contributed by atoms with Crippen molar-refractivity contribution < 1.29 is 4.70 Å². The molecule has 0 atom stereocenters. The van der Waals surface area contributed by atoms with Crippen LogP contribution in [0.25, 0.3) is 16.9 Å². The van der Waals surface area contributed by atoms with E-state index in [4.69, 9.17) is 0 Å². The van der Waals surface area contributed by atoms with E-state index in [0.717, 1.165) is 55.5 Å². The molecule has 0 fully saturated rings. The number of rotatable bonds is 18. The molecule has 0 N–H and O–H groups in total. The minimum atomic E-state index is 1.02. The Morgan fingerprint density at radius 2 is 0.900 bits per heavy atom. The summed E-state index contributed by atoms with van der Waals surface area (Å²) in [7, 11) is 0. The number of hydrogen-bond acceptors (Lipinski definition) is 0. The first-order valence-electron chi connectivity index (χ1n) is 16.6. The predicted molar refractivity (Wildman–Crippen MR) is 175 cm³/mol. The van der Waals surface area contributed by atoms with Gasteiger partial charge in [-0.15, -0.1) is 0 Å². The second-order valence-electron chi connectivity index (χ2n) is 12.2. The Morgan fingerprint density at radius 1 is 0.475 bits per heavy atom. The molecule has 1 heterocycles. The maximum absolute atomic E-state index is 12.1. The summed E-state index contributed by atoms with van der Waals surface area (Å²) in [6, 6.07) is 13.9. The Bertz CT molecular complexity index is 1130. The van der Waals surface area contributed by atoms with Gasteiger partial charge < -0.3 is 5.53 Å². The molecule has 2 nitrogen and oxygen atoms in total. The lowest BCUT2D eigenvalue weighted by molar-refractivity contribution is -0.345. The molecule has 1 aliphatic heterocycles. The number of aryl methyl sites for hydroxylation is 4. The summed E-state index contributed by atoms with van der Waals surface area (Å²) in [4.78, 5) is 0. The maximum atomic E-state index is 12.1. The quantitative estimate of drug-likeness (QED) is 0.133. The van der Waals surface area contributed by atoms with Gasteiger partial charge >= 0.3 is 0 Å². The van der Waals surface area contributed by atoms with E-state index in [9.17, 15) is 5.53 Å². The van der Waals surface area contributed by atoms with E-state index in [1.165, 1.54) is 103 Å². The normalized spacial score (nSPS) is 13.7. The van der Waals surface area contributed by atoms with Crippen molar-refractivity contribution in [2.24, 2.45) is 0 Å². The minimum Gasteiger partial charge on any atom is -0.493 e. The molecule has 2 aromatic carbocycles. The molecule has 0 aliphatic carbocycles. The van der Waals surface area contributed by atoms with Crippen LogP contribution < -0.4 is 0 Å². The summed E-state index contributed by atoms with van der Waals surface area (Å²) in [6.45, 7) is 13.5. The molecule has 2 aromatic rings.